The molecule has 8 heteroatoms. The third-order valence-corrected chi connectivity index (χ3v) is 3.60. The minimum atomic E-state index is -0.499. The summed E-state index contributed by atoms with van der Waals surface area (Å²) in [6.07, 6.45) is 2.03. The number of nitrogens with two attached hydrogens (primary N) is 1. The van der Waals surface area contributed by atoms with Crippen LogP contribution in [0.3, 0.4) is 0 Å². The molecule has 0 atom stereocenters. The maximum absolute atomic E-state index is 12.1. The highest BCUT2D eigenvalue weighted by Gasteiger charge is 2.25. The highest BCUT2D eigenvalue weighted by molar-refractivity contribution is 5.84. The maximum atomic E-state index is 12.1. The standard InChI is InChI=1S/C13H19N5O3/c1-16(9-12(19)17-7-2-3-8-17)11-6-4-5-10(15-14)13(11)18(20)21/h4-6,15H,2-3,7-9,14H2,1H3. The Morgan fingerprint density at radius 2 is 2.14 bits per heavy atom. The molecule has 1 fully saturated rings. The molecule has 0 bridgehead atoms. The van der Waals surface area contributed by atoms with Crippen LogP contribution in [-0.4, -0.2) is 42.4 Å². The summed E-state index contributed by atoms with van der Waals surface area (Å²) < 4.78 is 0. The minimum absolute atomic E-state index is 0.0181. The van der Waals surface area contributed by atoms with E-state index in [1.54, 1.807) is 29.0 Å². The predicted molar refractivity (Wildman–Crippen MR) is 80.0 cm³/mol. The second kappa shape index (κ2) is 6.40. The van der Waals surface area contributed by atoms with Crippen molar-refractivity contribution in [2.75, 3.05) is 37.0 Å². The summed E-state index contributed by atoms with van der Waals surface area (Å²) in [7, 11) is 1.66. The average Bonchev–Trinajstić information content (AvgIpc) is 3.00. The summed E-state index contributed by atoms with van der Waals surface area (Å²) in [6.45, 7) is 1.63. The Balaban J connectivity index is 2.20. The van der Waals surface area contributed by atoms with Crippen LogP contribution < -0.4 is 16.2 Å². The van der Waals surface area contributed by atoms with Gasteiger partial charge in [-0.1, -0.05) is 6.07 Å². The number of amides is 1. The van der Waals surface area contributed by atoms with Gasteiger partial charge in [-0.3, -0.25) is 20.8 Å². The van der Waals surface area contributed by atoms with Crippen molar-refractivity contribution in [3.05, 3.63) is 28.3 Å². The molecular formula is C13H19N5O3. The predicted octanol–water partition coefficient (Wildman–Crippen LogP) is 0.939. The largest absolute Gasteiger partial charge is 0.360 e. The van der Waals surface area contributed by atoms with Gasteiger partial charge in [0.1, 0.15) is 11.4 Å². The van der Waals surface area contributed by atoms with E-state index < -0.39 is 4.92 Å². The van der Waals surface area contributed by atoms with E-state index in [-0.39, 0.29) is 23.8 Å². The van der Waals surface area contributed by atoms with E-state index in [9.17, 15) is 14.9 Å². The van der Waals surface area contributed by atoms with Crippen molar-refractivity contribution >= 4 is 23.0 Å². The Morgan fingerprint density at radius 1 is 1.48 bits per heavy atom. The molecule has 1 aliphatic rings. The number of carbonyl (C=O) groups is 1. The molecule has 1 aromatic carbocycles. The number of nitrogen functional groups attached to an aromatic ring is 1. The molecule has 0 aliphatic carbocycles. The SMILES string of the molecule is CN(CC(=O)N1CCCC1)c1cccc(NN)c1[N+](=O)[O-]. The molecule has 114 valence electrons. The third kappa shape index (κ3) is 3.22. The van der Waals surface area contributed by atoms with E-state index in [4.69, 9.17) is 5.84 Å². The van der Waals surface area contributed by atoms with Crippen molar-refractivity contribution in [1.29, 1.82) is 0 Å². The average molecular weight is 293 g/mol. The summed E-state index contributed by atoms with van der Waals surface area (Å²) in [4.78, 5) is 26.2. The number of carbonyl (C=O) groups excluding carboxylic acids is 1. The number of nitrogens with zero attached hydrogens (tertiary/aromatic N) is 3. The van der Waals surface area contributed by atoms with Gasteiger partial charge in [-0.15, -0.1) is 0 Å². The molecule has 1 saturated heterocycles. The Kier molecular flexibility index (Phi) is 4.59. The number of anilines is 2. The fraction of sp³-hybridized carbons (Fsp3) is 0.462. The van der Waals surface area contributed by atoms with Crippen LogP contribution in [0.5, 0.6) is 0 Å². The molecule has 3 N–H and O–H groups in total. The van der Waals surface area contributed by atoms with Gasteiger partial charge < -0.3 is 15.2 Å². The number of likely N-dealkylation sites (N-methyl/N-ethyl adjacent to an activating group) is 1. The monoisotopic (exact) mass is 293 g/mol. The molecule has 0 aromatic heterocycles. The van der Waals surface area contributed by atoms with Crippen LogP contribution in [0.4, 0.5) is 17.1 Å². The summed E-state index contributed by atoms with van der Waals surface area (Å²) >= 11 is 0. The lowest BCUT2D eigenvalue weighted by Crippen LogP contribution is -2.37. The summed E-state index contributed by atoms with van der Waals surface area (Å²) in [5, 5.41) is 11.2. The van der Waals surface area contributed by atoms with Crippen molar-refractivity contribution in [3.8, 4) is 0 Å². The summed E-state index contributed by atoms with van der Waals surface area (Å²) in [5.74, 6) is 5.29. The normalized spacial score (nSPS) is 14.1. The van der Waals surface area contributed by atoms with E-state index in [1.165, 1.54) is 6.07 Å². The van der Waals surface area contributed by atoms with Crippen LogP contribution in [0, 0.1) is 10.1 Å². The number of hydrazine groups is 1. The quantitative estimate of drug-likeness (QED) is 0.475. The molecule has 8 nitrogen and oxygen atoms in total. The summed E-state index contributed by atoms with van der Waals surface area (Å²) in [6, 6.07) is 4.79. The van der Waals surface area contributed by atoms with Crippen LogP contribution in [-0.2, 0) is 4.79 Å². The van der Waals surface area contributed by atoms with Gasteiger partial charge in [0, 0.05) is 20.1 Å². The molecule has 1 amide bonds. The van der Waals surface area contributed by atoms with Crippen molar-refractivity contribution in [3.63, 3.8) is 0 Å². The minimum Gasteiger partial charge on any atom is -0.360 e. The number of nitro groups is 1. The van der Waals surface area contributed by atoms with Crippen molar-refractivity contribution < 1.29 is 9.72 Å². The first-order valence-electron chi connectivity index (χ1n) is 6.77. The van der Waals surface area contributed by atoms with E-state index in [0.29, 0.717) is 5.69 Å². The van der Waals surface area contributed by atoms with Gasteiger partial charge in [-0.25, -0.2) is 0 Å². The fourth-order valence-corrected chi connectivity index (χ4v) is 2.50. The molecule has 2 rings (SSSR count). The first-order valence-corrected chi connectivity index (χ1v) is 6.77. The Labute approximate surface area is 122 Å². The van der Waals surface area contributed by atoms with E-state index in [1.807, 2.05) is 0 Å². The lowest BCUT2D eigenvalue weighted by atomic mass is 10.2. The number of hydrogen-bond acceptors (Lipinski definition) is 6. The van der Waals surface area contributed by atoms with Gasteiger partial charge >= 0.3 is 5.69 Å². The first-order chi connectivity index (χ1) is 10.0. The second-order valence-electron chi connectivity index (χ2n) is 5.02. The molecule has 0 saturated carbocycles. The van der Waals surface area contributed by atoms with Gasteiger partial charge in [0.2, 0.25) is 5.91 Å². The van der Waals surface area contributed by atoms with Crippen LogP contribution in [0.1, 0.15) is 12.8 Å². The molecule has 0 unspecified atom stereocenters. The lowest BCUT2D eigenvalue weighted by molar-refractivity contribution is -0.383. The van der Waals surface area contributed by atoms with Crippen molar-refractivity contribution in [2.24, 2.45) is 5.84 Å². The molecule has 1 aliphatic heterocycles. The molecule has 0 radical (unpaired) electrons. The highest BCUT2D eigenvalue weighted by Crippen LogP contribution is 2.34. The maximum Gasteiger partial charge on any atom is 0.316 e. The van der Waals surface area contributed by atoms with Crippen LogP contribution in [0.25, 0.3) is 0 Å². The zero-order valence-electron chi connectivity index (χ0n) is 11.9. The molecule has 1 heterocycles. The van der Waals surface area contributed by atoms with Gasteiger partial charge in [-0.05, 0) is 25.0 Å². The number of likely N-dealkylation sites (tertiary alicyclic amines) is 1. The summed E-state index contributed by atoms with van der Waals surface area (Å²) in [5.41, 5.74) is 2.77. The van der Waals surface area contributed by atoms with Crippen molar-refractivity contribution in [1.82, 2.24) is 4.90 Å². The Bertz CT molecular complexity index is 543. The first kappa shape index (κ1) is 15.0. The zero-order valence-corrected chi connectivity index (χ0v) is 11.9. The number of hydrogen-bond donors (Lipinski definition) is 2. The third-order valence-electron chi connectivity index (χ3n) is 3.60. The molecule has 21 heavy (non-hydrogen) atoms. The van der Waals surface area contributed by atoms with Gasteiger partial charge in [0.25, 0.3) is 0 Å². The van der Waals surface area contributed by atoms with E-state index in [0.717, 1.165) is 25.9 Å². The molecular weight excluding hydrogens is 274 g/mol. The topological polar surface area (TPSA) is 105 Å². The molecule has 0 spiro atoms. The number of benzene rings is 1. The lowest BCUT2D eigenvalue weighted by Gasteiger charge is -2.23. The van der Waals surface area contributed by atoms with E-state index in [2.05, 4.69) is 5.43 Å². The highest BCUT2D eigenvalue weighted by atomic mass is 16.6. The fourth-order valence-electron chi connectivity index (χ4n) is 2.50. The van der Waals surface area contributed by atoms with Gasteiger partial charge in [0.15, 0.2) is 0 Å². The van der Waals surface area contributed by atoms with Crippen molar-refractivity contribution in [2.45, 2.75) is 12.8 Å². The smallest absolute Gasteiger partial charge is 0.316 e. The second-order valence-corrected chi connectivity index (χ2v) is 5.02. The van der Waals surface area contributed by atoms with Crippen LogP contribution in [0.2, 0.25) is 0 Å². The Morgan fingerprint density at radius 3 is 2.71 bits per heavy atom. The Hall–Kier alpha value is -2.35. The van der Waals surface area contributed by atoms with Gasteiger partial charge in [0.05, 0.1) is 11.5 Å². The zero-order chi connectivity index (χ0) is 15.4. The number of nitro benzene ring substituents is 1. The number of para-hydroxylation sites is 1. The number of rotatable bonds is 5. The number of nitrogens with one attached hydrogen (secondary N) is 1. The molecule has 1 aromatic rings. The van der Waals surface area contributed by atoms with Crippen LogP contribution in [0.15, 0.2) is 18.2 Å². The van der Waals surface area contributed by atoms with Crippen LogP contribution >= 0.6 is 0 Å². The van der Waals surface area contributed by atoms with E-state index >= 15 is 0 Å². The van der Waals surface area contributed by atoms with Gasteiger partial charge in [-0.2, -0.15) is 0 Å².